The van der Waals surface area contributed by atoms with Crippen LogP contribution < -0.4 is 5.73 Å². The summed E-state index contributed by atoms with van der Waals surface area (Å²) in [5.41, 5.74) is 5.37. The SMILES string of the molecule is CN1C(=O)[C@](CCC2CCCCC2)(CC2CCCN(C(=O)C3CC3)C2)N=C1N. The molecule has 0 aromatic rings. The molecule has 2 N–H and O–H groups in total. The highest BCUT2D eigenvalue weighted by molar-refractivity contribution is 6.06. The molecule has 4 aliphatic rings. The summed E-state index contributed by atoms with van der Waals surface area (Å²) in [4.78, 5) is 34.0. The highest BCUT2D eigenvalue weighted by Gasteiger charge is 2.48. The molecule has 0 aromatic carbocycles. The van der Waals surface area contributed by atoms with Gasteiger partial charge in [-0.25, -0.2) is 4.99 Å². The number of nitrogens with two attached hydrogens (primary N) is 1. The lowest BCUT2D eigenvalue weighted by Gasteiger charge is -2.37. The molecule has 3 fully saturated rings. The molecule has 0 spiro atoms. The van der Waals surface area contributed by atoms with E-state index in [4.69, 9.17) is 10.7 Å². The quantitative estimate of drug-likeness (QED) is 0.760. The van der Waals surface area contributed by atoms with Crippen LogP contribution in [0, 0.1) is 17.8 Å². The number of rotatable bonds is 6. The van der Waals surface area contributed by atoms with E-state index in [9.17, 15) is 9.59 Å². The number of likely N-dealkylation sites (tertiary alicyclic amines) is 1. The largest absolute Gasteiger partial charge is 0.369 e. The smallest absolute Gasteiger partial charge is 0.257 e. The van der Waals surface area contributed by atoms with Crippen molar-refractivity contribution in [1.29, 1.82) is 0 Å². The highest BCUT2D eigenvalue weighted by atomic mass is 16.2. The maximum absolute atomic E-state index is 13.2. The van der Waals surface area contributed by atoms with E-state index < -0.39 is 5.54 Å². The molecule has 156 valence electrons. The van der Waals surface area contributed by atoms with Gasteiger partial charge in [0.2, 0.25) is 5.91 Å². The zero-order chi connectivity index (χ0) is 19.7. The molecule has 0 bridgehead atoms. The number of aliphatic imine (C=N–C) groups is 1. The lowest BCUT2D eigenvalue weighted by Crippen LogP contribution is -2.47. The fourth-order valence-electron chi connectivity index (χ4n) is 5.57. The molecular formula is C22H36N4O2. The van der Waals surface area contributed by atoms with Crippen LogP contribution in [0.25, 0.3) is 0 Å². The minimum Gasteiger partial charge on any atom is -0.369 e. The third-order valence-electron chi connectivity index (χ3n) is 7.45. The number of guanidine groups is 1. The van der Waals surface area contributed by atoms with Crippen molar-refractivity contribution in [2.24, 2.45) is 28.5 Å². The molecule has 1 unspecified atom stereocenters. The molecule has 2 atom stereocenters. The van der Waals surface area contributed by atoms with Crippen molar-refractivity contribution in [1.82, 2.24) is 9.80 Å². The second-order valence-corrected chi connectivity index (χ2v) is 9.68. The van der Waals surface area contributed by atoms with E-state index in [1.807, 2.05) is 0 Å². The molecular weight excluding hydrogens is 352 g/mol. The summed E-state index contributed by atoms with van der Waals surface area (Å²) < 4.78 is 0. The van der Waals surface area contributed by atoms with Gasteiger partial charge in [0.25, 0.3) is 5.91 Å². The van der Waals surface area contributed by atoms with Crippen LogP contribution in [0.2, 0.25) is 0 Å². The van der Waals surface area contributed by atoms with E-state index in [-0.39, 0.29) is 11.8 Å². The summed E-state index contributed by atoms with van der Waals surface area (Å²) in [6.07, 6.45) is 13.4. The second-order valence-electron chi connectivity index (χ2n) is 9.68. The normalized spacial score (nSPS) is 32.0. The van der Waals surface area contributed by atoms with E-state index in [2.05, 4.69) is 4.90 Å². The maximum Gasteiger partial charge on any atom is 0.257 e. The lowest BCUT2D eigenvalue weighted by atomic mass is 9.77. The van der Waals surface area contributed by atoms with Gasteiger partial charge in [0.05, 0.1) is 0 Å². The maximum atomic E-state index is 13.2. The fourth-order valence-corrected chi connectivity index (χ4v) is 5.57. The molecule has 4 rings (SSSR count). The van der Waals surface area contributed by atoms with Gasteiger partial charge in [-0.15, -0.1) is 0 Å². The van der Waals surface area contributed by atoms with Crippen LogP contribution in [0.5, 0.6) is 0 Å². The van der Waals surface area contributed by atoms with Crippen LogP contribution >= 0.6 is 0 Å². The molecule has 0 aromatic heterocycles. The van der Waals surface area contributed by atoms with Gasteiger partial charge in [0, 0.05) is 26.1 Å². The van der Waals surface area contributed by atoms with E-state index in [1.54, 1.807) is 7.05 Å². The van der Waals surface area contributed by atoms with Crippen molar-refractivity contribution < 1.29 is 9.59 Å². The van der Waals surface area contributed by atoms with Crippen LogP contribution in [-0.2, 0) is 9.59 Å². The Labute approximate surface area is 168 Å². The molecule has 2 aliphatic heterocycles. The van der Waals surface area contributed by atoms with Crippen LogP contribution in [0.1, 0.15) is 77.0 Å². The molecule has 2 amide bonds. The van der Waals surface area contributed by atoms with Crippen LogP contribution in [-0.4, -0.2) is 53.2 Å². The Morgan fingerprint density at radius 3 is 2.46 bits per heavy atom. The third kappa shape index (κ3) is 4.06. The van der Waals surface area contributed by atoms with Crippen molar-refractivity contribution in [2.45, 2.75) is 82.6 Å². The Kier molecular flexibility index (Phi) is 5.66. The zero-order valence-corrected chi connectivity index (χ0v) is 17.4. The van der Waals surface area contributed by atoms with Crippen LogP contribution in [0.3, 0.4) is 0 Å². The van der Waals surface area contributed by atoms with Gasteiger partial charge in [-0.1, -0.05) is 32.1 Å². The molecule has 2 aliphatic carbocycles. The Balaban J connectivity index is 1.44. The number of amides is 2. The molecule has 28 heavy (non-hydrogen) atoms. The predicted molar refractivity (Wildman–Crippen MR) is 110 cm³/mol. The van der Waals surface area contributed by atoms with E-state index in [1.165, 1.54) is 37.0 Å². The minimum absolute atomic E-state index is 0.0615. The monoisotopic (exact) mass is 388 g/mol. The Hall–Kier alpha value is -1.59. The zero-order valence-electron chi connectivity index (χ0n) is 17.4. The van der Waals surface area contributed by atoms with Gasteiger partial charge in [0.15, 0.2) is 5.96 Å². The molecule has 1 saturated heterocycles. The van der Waals surface area contributed by atoms with E-state index in [0.29, 0.717) is 17.8 Å². The first kappa shape index (κ1) is 19.7. The summed E-state index contributed by atoms with van der Waals surface area (Å²) in [5, 5.41) is 0. The average Bonchev–Trinajstić information content (AvgIpc) is 3.53. The van der Waals surface area contributed by atoms with Gasteiger partial charge in [0.1, 0.15) is 5.54 Å². The number of carbonyl (C=O) groups excluding carboxylic acids is 2. The predicted octanol–water partition coefficient (Wildman–Crippen LogP) is 2.91. The number of piperidine rings is 1. The van der Waals surface area contributed by atoms with Crippen LogP contribution in [0.15, 0.2) is 4.99 Å². The van der Waals surface area contributed by atoms with E-state index >= 15 is 0 Å². The molecule has 2 heterocycles. The number of hydrogen-bond acceptors (Lipinski definition) is 4. The Morgan fingerprint density at radius 1 is 1.11 bits per heavy atom. The second kappa shape index (κ2) is 8.03. The summed E-state index contributed by atoms with van der Waals surface area (Å²) in [5.74, 6) is 2.09. The molecule has 6 heteroatoms. The molecule has 6 nitrogen and oxygen atoms in total. The van der Waals surface area contributed by atoms with Crippen molar-refractivity contribution in [2.75, 3.05) is 20.1 Å². The molecule has 2 saturated carbocycles. The summed E-state index contributed by atoms with van der Waals surface area (Å²) in [6.45, 7) is 1.66. The average molecular weight is 389 g/mol. The van der Waals surface area contributed by atoms with Crippen molar-refractivity contribution >= 4 is 17.8 Å². The topological polar surface area (TPSA) is 79.0 Å². The summed E-state index contributed by atoms with van der Waals surface area (Å²) >= 11 is 0. The number of likely N-dealkylation sites (N-methyl/N-ethyl adjacent to an activating group) is 1. The first-order chi connectivity index (χ1) is 13.5. The van der Waals surface area contributed by atoms with Gasteiger partial charge in [-0.3, -0.25) is 14.5 Å². The first-order valence-electron chi connectivity index (χ1n) is 11.4. The third-order valence-corrected chi connectivity index (χ3v) is 7.45. The summed E-state index contributed by atoms with van der Waals surface area (Å²) in [7, 11) is 1.74. The fraction of sp³-hybridized carbons (Fsp3) is 0.864. The lowest BCUT2D eigenvalue weighted by molar-refractivity contribution is -0.135. The highest BCUT2D eigenvalue weighted by Crippen LogP contribution is 2.39. The number of nitrogens with zero attached hydrogens (tertiary/aromatic N) is 3. The van der Waals surface area contributed by atoms with Crippen molar-refractivity contribution in [3.05, 3.63) is 0 Å². The summed E-state index contributed by atoms with van der Waals surface area (Å²) in [6, 6.07) is 0. The van der Waals surface area contributed by atoms with Gasteiger partial charge in [-0.05, 0) is 56.8 Å². The Morgan fingerprint density at radius 2 is 1.82 bits per heavy atom. The number of hydrogen-bond donors (Lipinski definition) is 1. The van der Waals surface area contributed by atoms with Gasteiger partial charge in [-0.2, -0.15) is 0 Å². The van der Waals surface area contributed by atoms with Crippen molar-refractivity contribution in [3.63, 3.8) is 0 Å². The standard InChI is InChI=1S/C22H36N4O2/c1-25-20(28)22(24-21(25)23,12-11-16-6-3-2-4-7-16)14-17-8-5-13-26(15-17)19(27)18-9-10-18/h16-18H,2-15H2,1H3,(H2,23,24)/t17?,22-/m0/s1. The Bertz CT molecular complexity index is 638. The minimum atomic E-state index is -0.702. The van der Waals surface area contributed by atoms with Crippen molar-refractivity contribution in [3.8, 4) is 0 Å². The van der Waals surface area contributed by atoms with E-state index in [0.717, 1.165) is 64.0 Å². The number of carbonyl (C=O) groups is 2. The van der Waals surface area contributed by atoms with Crippen LogP contribution in [0.4, 0.5) is 0 Å². The molecule has 0 radical (unpaired) electrons. The first-order valence-corrected chi connectivity index (χ1v) is 11.4. The van der Waals surface area contributed by atoms with Gasteiger partial charge >= 0.3 is 0 Å². The van der Waals surface area contributed by atoms with Gasteiger partial charge < -0.3 is 10.6 Å².